The Bertz CT molecular complexity index is 451. The lowest BCUT2D eigenvalue weighted by Gasteiger charge is -2.05. The van der Waals surface area contributed by atoms with E-state index < -0.39 is 10.0 Å². The molecule has 0 aliphatic carbocycles. The van der Waals surface area contributed by atoms with Gasteiger partial charge in [-0.15, -0.1) is 6.58 Å². The average molecular weight is 266 g/mol. The van der Waals surface area contributed by atoms with Crippen LogP contribution in [0.5, 0.6) is 0 Å². The second-order valence-corrected chi connectivity index (χ2v) is 5.39. The van der Waals surface area contributed by atoms with Crippen LogP contribution >= 0.6 is 23.2 Å². The normalized spacial score (nSPS) is 11.3. The maximum Gasteiger partial charge on any atom is 0.240 e. The van der Waals surface area contributed by atoms with Crippen LogP contribution in [-0.2, 0) is 10.0 Å². The lowest BCUT2D eigenvalue weighted by atomic mass is 10.4. The lowest BCUT2D eigenvalue weighted by Crippen LogP contribution is -2.23. The predicted octanol–water partition coefficient (Wildman–Crippen LogP) is 2.46. The fourth-order valence-corrected chi connectivity index (χ4v) is 2.66. The van der Waals surface area contributed by atoms with E-state index in [0.29, 0.717) is 0 Å². The van der Waals surface area contributed by atoms with Gasteiger partial charge in [-0.2, -0.15) is 0 Å². The minimum atomic E-state index is -3.56. The summed E-state index contributed by atoms with van der Waals surface area (Å²) < 4.78 is 25.6. The molecule has 0 aromatic heterocycles. The third-order valence-corrected chi connectivity index (χ3v) is 3.40. The molecule has 0 aliphatic rings. The zero-order valence-electron chi connectivity index (χ0n) is 7.70. The Labute approximate surface area is 98.8 Å². The maximum absolute atomic E-state index is 11.6. The Morgan fingerprint density at radius 1 is 1.27 bits per heavy atom. The van der Waals surface area contributed by atoms with E-state index in [0.717, 1.165) is 0 Å². The Hall–Kier alpha value is -0.550. The van der Waals surface area contributed by atoms with Crippen molar-refractivity contribution in [1.82, 2.24) is 4.72 Å². The molecule has 6 heteroatoms. The zero-order valence-corrected chi connectivity index (χ0v) is 10.0. The average Bonchev–Trinajstić information content (AvgIpc) is 2.13. The van der Waals surface area contributed by atoms with E-state index in [9.17, 15) is 8.42 Å². The van der Waals surface area contributed by atoms with E-state index in [-0.39, 0.29) is 21.5 Å². The topological polar surface area (TPSA) is 46.2 Å². The lowest BCUT2D eigenvalue weighted by molar-refractivity contribution is 0.585. The van der Waals surface area contributed by atoms with Crippen molar-refractivity contribution >= 4 is 33.2 Å². The number of benzene rings is 1. The van der Waals surface area contributed by atoms with E-state index in [1.807, 2.05) is 0 Å². The van der Waals surface area contributed by atoms with Crippen molar-refractivity contribution in [1.29, 1.82) is 0 Å². The minimum absolute atomic E-state index is 0.0434. The monoisotopic (exact) mass is 265 g/mol. The summed E-state index contributed by atoms with van der Waals surface area (Å²) in [4.78, 5) is 0.0434. The van der Waals surface area contributed by atoms with Crippen LogP contribution in [0.3, 0.4) is 0 Å². The third kappa shape index (κ3) is 3.50. The van der Waals surface area contributed by atoms with Crippen molar-refractivity contribution in [3.8, 4) is 0 Å². The Balaban J connectivity index is 3.09. The second-order valence-electron chi connectivity index (χ2n) is 2.75. The van der Waals surface area contributed by atoms with Crippen molar-refractivity contribution in [2.45, 2.75) is 4.90 Å². The van der Waals surface area contributed by atoms with Crippen molar-refractivity contribution in [2.75, 3.05) is 6.54 Å². The van der Waals surface area contributed by atoms with Crippen molar-refractivity contribution in [3.63, 3.8) is 0 Å². The molecule has 0 amide bonds. The van der Waals surface area contributed by atoms with Crippen LogP contribution in [0.2, 0.25) is 10.0 Å². The first kappa shape index (κ1) is 12.5. The number of halogens is 2. The van der Waals surface area contributed by atoms with Gasteiger partial charge in [0.2, 0.25) is 10.0 Å². The molecule has 0 fully saturated rings. The molecule has 0 bridgehead atoms. The summed E-state index contributed by atoms with van der Waals surface area (Å²) in [5.41, 5.74) is 0. The van der Waals surface area contributed by atoms with Gasteiger partial charge in [-0.25, -0.2) is 13.1 Å². The first-order valence-corrected chi connectivity index (χ1v) is 6.26. The van der Waals surface area contributed by atoms with Crippen molar-refractivity contribution in [2.24, 2.45) is 0 Å². The quantitative estimate of drug-likeness (QED) is 0.851. The first-order chi connectivity index (χ1) is 6.95. The summed E-state index contributed by atoms with van der Waals surface area (Å²) in [6, 6.07) is 4.13. The molecule has 0 saturated carbocycles. The molecule has 3 nitrogen and oxygen atoms in total. The Morgan fingerprint density at radius 3 is 2.27 bits per heavy atom. The van der Waals surface area contributed by atoms with E-state index >= 15 is 0 Å². The van der Waals surface area contributed by atoms with Crippen LogP contribution in [0.25, 0.3) is 0 Å². The smallest absolute Gasteiger partial charge is 0.207 e. The molecule has 0 saturated heterocycles. The molecule has 0 radical (unpaired) electrons. The van der Waals surface area contributed by atoms with E-state index in [1.165, 1.54) is 24.3 Å². The molecule has 0 atom stereocenters. The summed E-state index contributed by atoms with van der Waals surface area (Å²) in [6.07, 6.45) is 1.45. The largest absolute Gasteiger partial charge is 0.240 e. The summed E-state index contributed by atoms with van der Waals surface area (Å²) in [6.45, 7) is 3.57. The molecule has 0 unspecified atom stereocenters. The van der Waals surface area contributed by atoms with Gasteiger partial charge in [-0.1, -0.05) is 29.3 Å². The molecule has 15 heavy (non-hydrogen) atoms. The Morgan fingerprint density at radius 2 is 1.80 bits per heavy atom. The van der Waals surface area contributed by atoms with Crippen LogP contribution in [-0.4, -0.2) is 15.0 Å². The molecule has 1 rings (SSSR count). The zero-order chi connectivity index (χ0) is 11.5. The second kappa shape index (κ2) is 4.99. The van der Waals surface area contributed by atoms with Crippen LogP contribution < -0.4 is 4.72 Å². The highest BCUT2D eigenvalue weighted by atomic mass is 35.5. The fraction of sp³-hybridized carbons (Fsp3) is 0.111. The van der Waals surface area contributed by atoms with E-state index in [1.54, 1.807) is 0 Å². The molecule has 1 aromatic rings. The van der Waals surface area contributed by atoms with Crippen LogP contribution in [0.1, 0.15) is 0 Å². The predicted molar refractivity (Wildman–Crippen MR) is 61.8 cm³/mol. The summed E-state index contributed by atoms with van der Waals surface area (Å²) in [7, 11) is -3.56. The van der Waals surface area contributed by atoms with Gasteiger partial charge >= 0.3 is 0 Å². The van der Waals surface area contributed by atoms with Crippen molar-refractivity contribution < 1.29 is 8.42 Å². The standard InChI is InChI=1S/C9H9Cl2NO2S/c1-2-3-12-15(13,14)9-5-7(10)4-8(11)6-9/h2,4-6,12H,1,3H2. The summed E-state index contributed by atoms with van der Waals surface area (Å²) >= 11 is 11.4. The minimum Gasteiger partial charge on any atom is -0.207 e. The highest BCUT2D eigenvalue weighted by Crippen LogP contribution is 2.21. The number of sulfonamides is 1. The molecule has 0 spiro atoms. The number of hydrogen-bond donors (Lipinski definition) is 1. The Kier molecular flexibility index (Phi) is 4.16. The maximum atomic E-state index is 11.6. The molecule has 0 heterocycles. The van der Waals surface area contributed by atoms with Gasteiger partial charge in [-0.3, -0.25) is 0 Å². The van der Waals surface area contributed by atoms with Gasteiger partial charge < -0.3 is 0 Å². The van der Waals surface area contributed by atoms with Gasteiger partial charge in [0.1, 0.15) is 0 Å². The number of nitrogens with one attached hydrogen (secondary N) is 1. The van der Waals surface area contributed by atoms with Gasteiger partial charge in [-0.05, 0) is 18.2 Å². The van der Waals surface area contributed by atoms with Gasteiger partial charge in [0.15, 0.2) is 0 Å². The third-order valence-electron chi connectivity index (χ3n) is 1.56. The van der Waals surface area contributed by atoms with E-state index in [4.69, 9.17) is 23.2 Å². The molecular formula is C9H9Cl2NO2S. The first-order valence-electron chi connectivity index (χ1n) is 4.02. The molecule has 0 aliphatic heterocycles. The van der Waals surface area contributed by atoms with Crippen LogP contribution in [0.15, 0.2) is 35.7 Å². The summed E-state index contributed by atoms with van der Waals surface area (Å²) in [5.74, 6) is 0. The van der Waals surface area contributed by atoms with E-state index in [2.05, 4.69) is 11.3 Å². The SMILES string of the molecule is C=CCNS(=O)(=O)c1cc(Cl)cc(Cl)c1. The molecule has 82 valence electrons. The van der Waals surface area contributed by atoms with Crippen molar-refractivity contribution in [3.05, 3.63) is 40.9 Å². The molecule has 1 aromatic carbocycles. The molecular weight excluding hydrogens is 257 g/mol. The highest BCUT2D eigenvalue weighted by Gasteiger charge is 2.13. The van der Waals surface area contributed by atoms with Crippen LogP contribution in [0, 0.1) is 0 Å². The number of hydrogen-bond acceptors (Lipinski definition) is 2. The fourth-order valence-electron chi connectivity index (χ4n) is 0.936. The van der Waals surface area contributed by atoms with Gasteiger partial charge in [0, 0.05) is 16.6 Å². The highest BCUT2D eigenvalue weighted by molar-refractivity contribution is 7.89. The van der Waals surface area contributed by atoms with Gasteiger partial charge in [0.05, 0.1) is 4.90 Å². The molecule has 1 N–H and O–H groups in total. The van der Waals surface area contributed by atoms with Gasteiger partial charge in [0.25, 0.3) is 0 Å². The van der Waals surface area contributed by atoms with Crippen LogP contribution in [0.4, 0.5) is 0 Å². The summed E-state index contributed by atoms with van der Waals surface area (Å²) in [5, 5.41) is 0.558. The number of rotatable bonds is 4.